The van der Waals surface area contributed by atoms with Crippen molar-refractivity contribution < 1.29 is 23.9 Å². The molecule has 1 unspecified atom stereocenters. The van der Waals surface area contributed by atoms with Crippen molar-refractivity contribution in [1.29, 1.82) is 0 Å². The van der Waals surface area contributed by atoms with Gasteiger partial charge in [0.25, 0.3) is 17.4 Å². The second-order valence-corrected chi connectivity index (χ2v) is 14.5. The second kappa shape index (κ2) is 15.0. The monoisotopic (exact) mass is 763 g/mol. The summed E-state index contributed by atoms with van der Waals surface area (Å²) in [4.78, 5) is 73.4. The van der Waals surface area contributed by atoms with E-state index in [0.29, 0.717) is 41.8 Å². The first-order valence-corrected chi connectivity index (χ1v) is 18.8. The van der Waals surface area contributed by atoms with E-state index in [9.17, 15) is 24.0 Å². The third-order valence-corrected chi connectivity index (χ3v) is 11.0. The third kappa shape index (κ3) is 6.84. The molecule has 1 fully saturated rings. The van der Waals surface area contributed by atoms with Gasteiger partial charge in [-0.3, -0.25) is 34.3 Å². The lowest BCUT2D eigenvalue weighted by Crippen LogP contribution is -2.52. The number of carbonyl (C=O) groups excluding carboxylic acids is 4. The Morgan fingerprint density at radius 3 is 2.56 bits per heavy atom. The van der Waals surface area contributed by atoms with Crippen LogP contribution in [0.3, 0.4) is 0 Å². The predicted octanol–water partition coefficient (Wildman–Crippen LogP) is 4.44. The molecule has 0 bridgehead atoms. The number of fused-ring (bicyclic) bond motifs is 3. The number of aryl methyl sites for hydroxylation is 2. The van der Waals surface area contributed by atoms with Gasteiger partial charge in [-0.1, -0.05) is 30.0 Å². The van der Waals surface area contributed by atoms with Crippen LogP contribution in [0.5, 0.6) is 5.75 Å². The van der Waals surface area contributed by atoms with Crippen molar-refractivity contribution in [2.24, 2.45) is 7.05 Å². The van der Waals surface area contributed by atoms with Crippen LogP contribution in [0.15, 0.2) is 77.7 Å². The van der Waals surface area contributed by atoms with E-state index in [1.54, 1.807) is 43.1 Å². The fraction of sp³-hybridized carbons (Fsp3) is 0.273. The summed E-state index contributed by atoms with van der Waals surface area (Å²) in [6.07, 6.45) is 2.56. The van der Waals surface area contributed by atoms with Gasteiger partial charge in [0.1, 0.15) is 17.5 Å². The highest BCUT2D eigenvalue weighted by atomic mass is 16.5. The number of hydrogen-bond acceptors (Lipinski definition) is 9. The van der Waals surface area contributed by atoms with E-state index in [0.717, 1.165) is 57.7 Å². The van der Waals surface area contributed by atoms with Gasteiger partial charge in [0.2, 0.25) is 11.8 Å². The van der Waals surface area contributed by atoms with Crippen molar-refractivity contribution in [3.8, 4) is 28.7 Å². The lowest BCUT2D eigenvalue weighted by atomic mass is 10.0. The van der Waals surface area contributed by atoms with Gasteiger partial charge in [0, 0.05) is 99.1 Å². The van der Waals surface area contributed by atoms with Crippen LogP contribution in [0.1, 0.15) is 56.8 Å². The van der Waals surface area contributed by atoms with Crippen LogP contribution >= 0.6 is 0 Å². The molecular weight excluding hydrogens is 723 g/mol. The van der Waals surface area contributed by atoms with Gasteiger partial charge in [0.05, 0.1) is 29.7 Å². The number of imide groups is 1. The molecule has 0 aliphatic carbocycles. The molecule has 57 heavy (non-hydrogen) atoms. The van der Waals surface area contributed by atoms with Crippen LogP contribution in [0.2, 0.25) is 0 Å². The Morgan fingerprint density at radius 2 is 1.79 bits per heavy atom. The van der Waals surface area contributed by atoms with Crippen LogP contribution in [-0.4, -0.2) is 77.9 Å². The molecule has 2 N–H and O–H groups in total. The molecule has 3 aromatic carbocycles. The van der Waals surface area contributed by atoms with E-state index >= 15 is 0 Å². The molecule has 13 nitrogen and oxygen atoms in total. The molecular formula is C44H41N7O6. The SMILES string of the molecule is COc1cc(N2CCN(C)c3cc(-c4ccc(C(=O)NCCC#Cc5cccc6c5CN(C5CCC(=O)NC5=O)C6=O)nc4)ccc32)c2cc(C)c(=O)n(C)c2c1. The number of pyridine rings is 2. The van der Waals surface area contributed by atoms with E-state index in [-0.39, 0.29) is 41.9 Å². The van der Waals surface area contributed by atoms with Crippen molar-refractivity contribution in [3.05, 3.63) is 111 Å². The summed E-state index contributed by atoms with van der Waals surface area (Å²) in [5.74, 6) is 5.55. The number of amides is 4. The van der Waals surface area contributed by atoms with Crippen molar-refractivity contribution in [2.45, 2.75) is 38.8 Å². The van der Waals surface area contributed by atoms with Crippen molar-refractivity contribution in [3.63, 3.8) is 0 Å². The summed E-state index contributed by atoms with van der Waals surface area (Å²) in [6.45, 7) is 3.90. The second-order valence-electron chi connectivity index (χ2n) is 14.5. The number of hydrogen-bond donors (Lipinski definition) is 2. The molecule has 3 aliphatic heterocycles. The molecule has 0 saturated carbocycles. The Balaban J connectivity index is 0.929. The van der Waals surface area contributed by atoms with Gasteiger partial charge in [0.15, 0.2) is 0 Å². The standard InChI is InChI=1S/C44H41N7O6/c1-26-20-32-37(49(3)43(26)55)22-30(57-4)23-38(32)50-19-18-48(2)39-21-28(12-14-35(39)50)29-11-13-34(46-24-29)41(53)45-17-6-5-8-27-9-7-10-31-33(27)25-51(44(31)56)36-15-16-40(52)47-42(36)54/h7,9-14,20-24,36H,6,15-19,25H2,1-4H3,(H,45,53)(H,47,52,54). The van der Waals surface area contributed by atoms with Crippen LogP contribution in [0.25, 0.3) is 22.0 Å². The summed E-state index contributed by atoms with van der Waals surface area (Å²) in [5, 5.41) is 6.18. The molecule has 8 rings (SSSR count). The normalized spacial score (nSPS) is 16.2. The van der Waals surface area contributed by atoms with Crippen molar-refractivity contribution >= 4 is 51.6 Å². The van der Waals surface area contributed by atoms with Crippen molar-refractivity contribution in [2.75, 3.05) is 43.6 Å². The highest BCUT2D eigenvalue weighted by Gasteiger charge is 2.39. The smallest absolute Gasteiger partial charge is 0.269 e. The number of ether oxygens (including phenoxy) is 1. The number of rotatable bonds is 7. The maximum Gasteiger partial charge on any atom is 0.269 e. The number of piperidine rings is 1. The summed E-state index contributed by atoms with van der Waals surface area (Å²) >= 11 is 0. The lowest BCUT2D eigenvalue weighted by molar-refractivity contribution is -0.136. The number of carbonyl (C=O) groups is 4. The Bertz CT molecular complexity index is 2620. The zero-order valence-electron chi connectivity index (χ0n) is 32.1. The van der Waals surface area contributed by atoms with Crippen LogP contribution < -0.4 is 30.7 Å². The maximum atomic E-state index is 13.1. The molecule has 0 spiro atoms. The number of likely N-dealkylation sites (N-methyl/N-ethyl adjacent to an activating group) is 1. The minimum absolute atomic E-state index is 0.0394. The zero-order valence-corrected chi connectivity index (χ0v) is 32.1. The number of nitrogens with zero attached hydrogens (tertiary/aromatic N) is 5. The number of anilines is 3. The molecule has 13 heteroatoms. The van der Waals surface area contributed by atoms with Crippen LogP contribution in [0, 0.1) is 18.8 Å². The average Bonchev–Trinajstić information content (AvgIpc) is 3.55. The molecule has 4 amide bonds. The summed E-state index contributed by atoms with van der Waals surface area (Å²) in [7, 11) is 5.48. The molecule has 1 atom stereocenters. The number of nitrogens with one attached hydrogen (secondary N) is 2. The van der Waals surface area contributed by atoms with Gasteiger partial charge in [-0.15, -0.1) is 0 Å². The Morgan fingerprint density at radius 1 is 0.965 bits per heavy atom. The molecule has 5 heterocycles. The quantitative estimate of drug-likeness (QED) is 0.140. The highest BCUT2D eigenvalue weighted by molar-refractivity contribution is 6.06. The van der Waals surface area contributed by atoms with Gasteiger partial charge >= 0.3 is 0 Å². The van der Waals surface area contributed by atoms with Crippen LogP contribution in [-0.2, 0) is 23.2 Å². The van der Waals surface area contributed by atoms with Crippen molar-refractivity contribution in [1.82, 2.24) is 25.1 Å². The Kier molecular flexibility index (Phi) is 9.71. The summed E-state index contributed by atoms with van der Waals surface area (Å²) in [6, 6.07) is 20.4. The minimum Gasteiger partial charge on any atom is -0.497 e. The topological polar surface area (TPSA) is 146 Å². The van der Waals surface area contributed by atoms with Crippen LogP contribution in [0.4, 0.5) is 17.1 Å². The number of benzene rings is 3. The summed E-state index contributed by atoms with van der Waals surface area (Å²) in [5.41, 5.74) is 8.53. The molecule has 2 aromatic heterocycles. The van der Waals surface area contributed by atoms with Gasteiger partial charge in [-0.25, -0.2) is 0 Å². The third-order valence-electron chi connectivity index (χ3n) is 11.0. The first-order chi connectivity index (χ1) is 27.5. The van der Waals surface area contributed by atoms with E-state index < -0.39 is 11.9 Å². The van der Waals surface area contributed by atoms with Gasteiger partial charge in [-0.05, 0) is 60.9 Å². The van der Waals surface area contributed by atoms with E-state index in [1.807, 2.05) is 43.3 Å². The Hall–Kier alpha value is -6.94. The molecule has 1 saturated heterocycles. The molecule has 5 aromatic rings. The van der Waals surface area contributed by atoms with Gasteiger partial charge in [-0.2, -0.15) is 0 Å². The first kappa shape index (κ1) is 37.0. The minimum atomic E-state index is -0.691. The first-order valence-electron chi connectivity index (χ1n) is 18.8. The largest absolute Gasteiger partial charge is 0.497 e. The fourth-order valence-corrected chi connectivity index (χ4v) is 7.88. The molecule has 3 aliphatic rings. The predicted molar refractivity (Wildman–Crippen MR) is 217 cm³/mol. The van der Waals surface area contributed by atoms with E-state index in [1.165, 1.54) is 4.90 Å². The van der Waals surface area contributed by atoms with Gasteiger partial charge < -0.3 is 29.3 Å². The average molecular weight is 764 g/mol. The van der Waals surface area contributed by atoms with E-state index in [2.05, 4.69) is 56.4 Å². The molecule has 288 valence electrons. The fourth-order valence-electron chi connectivity index (χ4n) is 7.88. The van der Waals surface area contributed by atoms with E-state index in [4.69, 9.17) is 4.74 Å². The highest BCUT2D eigenvalue weighted by Crippen LogP contribution is 2.43. The number of aromatic nitrogens is 2. The number of methoxy groups -OCH3 is 1. The summed E-state index contributed by atoms with van der Waals surface area (Å²) < 4.78 is 7.33. The zero-order chi connectivity index (χ0) is 40.0. The Labute approximate surface area is 329 Å². The maximum absolute atomic E-state index is 13.1. The molecule has 0 radical (unpaired) electrons. The lowest BCUT2D eigenvalue weighted by Gasteiger charge is -2.38.